The van der Waals surface area contributed by atoms with Crippen LogP contribution in [-0.2, 0) is 0 Å². The summed E-state index contributed by atoms with van der Waals surface area (Å²) in [6.45, 7) is 4.19. The van der Waals surface area contributed by atoms with Crippen molar-refractivity contribution in [1.82, 2.24) is 0 Å². The number of Topliss-reactive ketones (excluding diaryl/α,β-unsaturated/α-hetero) is 1. The van der Waals surface area contributed by atoms with Crippen molar-refractivity contribution in [1.29, 1.82) is 0 Å². The molecule has 0 saturated carbocycles. The van der Waals surface area contributed by atoms with E-state index in [9.17, 15) is 4.79 Å². The molecule has 1 nitrogen and oxygen atoms in total. The summed E-state index contributed by atoms with van der Waals surface area (Å²) in [5.74, 6) is 0.616. The summed E-state index contributed by atoms with van der Waals surface area (Å²) in [4.78, 5) is 11.8. The Balaban J connectivity index is 2.74. The number of benzene rings is 1. The molecular weight excluding hydrogens is 231 g/mol. The smallest absolute Gasteiger partial charge is 0.164 e. The zero-order valence-corrected chi connectivity index (χ0v) is 10.4. The topological polar surface area (TPSA) is 17.1 Å². The Hall–Kier alpha value is -0.530. The zero-order valence-electron chi connectivity index (χ0n) is 8.89. The molecule has 1 aromatic carbocycles. The van der Waals surface area contributed by atoms with Crippen LogP contribution in [-0.4, -0.2) is 5.78 Å². The van der Waals surface area contributed by atoms with Gasteiger partial charge in [-0.15, -0.1) is 0 Å². The first-order valence-electron chi connectivity index (χ1n) is 4.99. The maximum atomic E-state index is 11.8. The number of carbonyl (C=O) groups is 1. The quantitative estimate of drug-likeness (QED) is 0.708. The fraction of sp³-hybridized carbons (Fsp3) is 0.417. The highest BCUT2D eigenvalue weighted by atomic mass is 35.5. The van der Waals surface area contributed by atoms with Crippen LogP contribution < -0.4 is 0 Å². The van der Waals surface area contributed by atoms with Crippen molar-refractivity contribution in [2.75, 3.05) is 0 Å². The fourth-order valence-electron chi connectivity index (χ4n) is 1.27. The summed E-state index contributed by atoms with van der Waals surface area (Å²) in [5, 5.41) is 0.997. The molecule has 0 aliphatic rings. The van der Waals surface area contributed by atoms with Gasteiger partial charge in [-0.05, 0) is 30.5 Å². The minimum atomic E-state index is 0.0883. The lowest BCUT2D eigenvalue weighted by molar-refractivity contribution is 0.0975. The highest BCUT2D eigenvalue weighted by Gasteiger charge is 2.10. The van der Waals surface area contributed by atoms with Crippen LogP contribution in [0.15, 0.2) is 18.2 Å². The molecule has 15 heavy (non-hydrogen) atoms. The largest absolute Gasteiger partial charge is 0.294 e. The predicted octanol–water partition coefficient (Wildman–Crippen LogP) is 4.61. The molecule has 0 N–H and O–H groups in total. The molecule has 1 rings (SSSR count). The first-order valence-corrected chi connectivity index (χ1v) is 5.74. The summed E-state index contributed by atoms with van der Waals surface area (Å²) in [6.07, 6.45) is 1.43. The van der Waals surface area contributed by atoms with Gasteiger partial charge < -0.3 is 0 Å². The number of rotatable bonds is 4. The molecule has 3 heteroatoms. The number of ketones is 1. The molecule has 0 heterocycles. The first-order chi connectivity index (χ1) is 7.00. The molecular formula is C12H14Cl2O. The van der Waals surface area contributed by atoms with Crippen molar-refractivity contribution in [3.8, 4) is 0 Å². The van der Waals surface area contributed by atoms with Gasteiger partial charge in [-0.25, -0.2) is 0 Å². The Labute approximate surface area is 100 Å². The highest BCUT2D eigenvalue weighted by Crippen LogP contribution is 2.23. The highest BCUT2D eigenvalue weighted by molar-refractivity contribution is 6.36. The molecule has 0 bridgehead atoms. The van der Waals surface area contributed by atoms with E-state index in [1.807, 2.05) is 0 Å². The third-order valence-electron chi connectivity index (χ3n) is 2.18. The Morgan fingerprint density at radius 3 is 2.53 bits per heavy atom. The van der Waals surface area contributed by atoms with Crippen molar-refractivity contribution in [2.24, 2.45) is 5.92 Å². The number of hydrogen-bond acceptors (Lipinski definition) is 1. The second kappa shape index (κ2) is 5.53. The molecule has 0 amide bonds. The van der Waals surface area contributed by atoms with Gasteiger partial charge in [0.1, 0.15) is 0 Å². The zero-order chi connectivity index (χ0) is 11.4. The van der Waals surface area contributed by atoms with Crippen LogP contribution in [0.4, 0.5) is 0 Å². The van der Waals surface area contributed by atoms with E-state index in [2.05, 4.69) is 13.8 Å². The standard InChI is InChI=1S/C12H14Cl2O/c1-8(2)3-6-12(15)10-5-4-9(13)7-11(10)14/h4-5,7-8H,3,6H2,1-2H3. The van der Waals surface area contributed by atoms with E-state index in [1.54, 1.807) is 18.2 Å². The van der Waals surface area contributed by atoms with E-state index in [1.165, 1.54) is 0 Å². The van der Waals surface area contributed by atoms with Crippen LogP contribution in [0.1, 0.15) is 37.0 Å². The summed E-state index contributed by atoms with van der Waals surface area (Å²) in [5.41, 5.74) is 0.571. The van der Waals surface area contributed by atoms with Crippen molar-refractivity contribution in [3.05, 3.63) is 33.8 Å². The SMILES string of the molecule is CC(C)CCC(=O)c1ccc(Cl)cc1Cl. The number of hydrogen-bond donors (Lipinski definition) is 0. The van der Waals surface area contributed by atoms with Gasteiger partial charge in [0, 0.05) is 17.0 Å². The molecule has 1 aromatic rings. The molecule has 0 saturated heterocycles. The Morgan fingerprint density at radius 1 is 1.33 bits per heavy atom. The molecule has 0 aliphatic heterocycles. The van der Waals surface area contributed by atoms with Gasteiger partial charge in [0.2, 0.25) is 0 Å². The fourth-order valence-corrected chi connectivity index (χ4v) is 1.78. The van der Waals surface area contributed by atoms with E-state index in [0.29, 0.717) is 27.9 Å². The Bertz CT molecular complexity index is 359. The lowest BCUT2D eigenvalue weighted by Crippen LogP contribution is -2.02. The van der Waals surface area contributed by atoms with Gasteiger partial charge in [0.25, 0.3) is 0 Å². The molecule has 82 valence electrons. The van der Waals surface area contributed by atoms with Crippen LogP contribution in [0.25, 0.3) is 0 Å². The molecule has 0 radical (unpaired) electrons. The summed E-state index contributed by atoms with van der Waals surface area (Å²) >= 11 is 11.7. The molecule has 0 aliphatic carbocycles. The van der Waals surface area contributed by atoms with E-state index >= 15 is 0 Å². The molecule has 0 fully saturated rings. The molecule has 0 unspecified atom stereocenters. The molecule has 0 aromatic heterocycles. The van der Waals surface area contributed by atoms with E-state index in [-0.39, 0.29) is 5.78 Å². The minimum absolute atomic E-state index is 0.0883. The van der Waals surface area contributed by atoms with Crippen LogP contribution in [0, 0.1) is 5.92 Å². The third-order valence-corrected chi connectivity index (χ3v) is 2.73. The number of carbonyl (C=O) groups excluding carboxylic acids is 1. The maximum Gasteiger partial charge on any atom is 0.164 e. The van der Waals surface area contributed by atoms with Gasteiger partial charge in [-0.3, -0.25) is 4.79 Å². The van der Waals surface area contributed by atoms with Crippen LogP contribution in [0.2, 0.25) is 10.0 Å². The van der Waals surface area contributed by atoms with Gasteiger partial charge in [0.15, 0.2) is 5.78 Å². The van der Waals surface area contributed by atoms with Crippen molar-refractivity contribution >= 4 is 29.0 Å². The lowest BCUT2D eigenvalue weighted by Gasteiger charge is -2.05. The van der Waals surface area contributed by atoms with Crippen LogP contribution in [0.5, 0.6) is 0 Å². The van der Waals surface area contributed by atoms with Crippen molar-refractivity contribution in [2.45, 2.75) is 26.7 Å². The normalized spacial score (nSPS) is 10.7. The molecule has 0 atom stereocenters. The minimum Gasteiger partial charge on any atom is -0.294 e. The maximum absolute atomic E-state index is 11.8. The molecule has 0 spiro atoms. The second-order valence-corrected chi connectivity index (χ2v) is 4.82. The second-order valence-electron chi connectivity index (χ2n) is 3.98. The Morgan fingerprint density at radius 2 is 2.00 bits per heavy atom. The van der Waals surface area contributed by atoms with Crippen molar-refractivity contribution < 1.29 is 4.79 Å². The van der Waals surface area contributed by atoms with E-state index in [0.717, 1.165) is 6.42 Å². The van der Waals surface area contributed by atoms with Crippen LogP contribution >= 0.6 is 23.2 Å². The average Bonchev–Trinajstić information content (AvgIpc) is 2.14. The average molecular weight is 245 g/mol. The van der Waals surface area contributed by atoms with E-state index < -0.39 is 0 Å². The van der Waals surface area contributed by atoms with Gasteiger partial charge in [0.05, 0.1) is 5.02 Å². The predicted molar refractivity (Wildman–Crippen MR) is 64.9 cm³/mol. The van der Waals surface area contributed by atoms with Gasteiger partial charge in [-0.1, -0.05) is 37.0 Å². The van der Waals surface area contributed by atoms with Crippen LogP contribution in [0.3, 0.4) is 0 Å². The summed E-state index contributed by atoms with van der Waals surface area (Å²) in [6, 6.07) is 4.98. The monoisotopic (exact) mass is 244 g/mol. The summed E-state index contributed by atoms with van der Waals surface area (Å²) in [7, 11) is 0. The van der Waals surface area contributed by atoms with Gasteiger partial charge in [-0.2, -0.15) is 0 Å². The first kappa shape index (κ1) is 12.5. The Kier molecular flexibility index (Phi) is 4.62. The lowest BCUT2D eigenvalue weighted by atomic mass is 10.0. The number of halogens is 2. The summed E-state index contributed by atoms with van der Waals surface area (Å²) < 4.78 is 0. The van der Waals surface area contributed by atoms with Gasteiger partial charge >= 0.3 is 0 Å². The third kappa shape index (κ3) is 3.84. The van der Waals surface area contributed by atoms with E-state index in [4.69, 9.17) is 23.2 Å². The van der Waals surface area contributed by atoms with Crippen molar-refractivity contribution in [3.63, 3.8) is 0 Å².